The summed E-state index contributed by atoms with van der Waals surface area (Å²) in [6.07, 6.45) is 6.72. The van der Waals surface area contributed by atoms with Gasteiger partial charge in [-0.3, -0.25) is 0 Å². The van der Waals surface area contributed by atoms with Gasteiger partial charge in [0.15, 0.2) is 0 Å². The van der Waals surface area contributed by atoms with Crippen molar-refractivity contribution in [1.29, 1.82) is 0 Å². The molecule has 2 unspecified atom stereocenters. The highest BCUT2D eigenvalue weighted by Crippen LogP contribution is 2.34. The molecule has 1 aromatic rings. The molecule has 0 aromatic carbocycles. The van der Waals surface area contributed by atoms with Crippen LogP contribution in [0, 0.1) is 5.92 Å². The Hall–Kier alpha value is -0.320. The van der Waals surface area contributed by atoms with E-state index in [4.69, 9.17) is 17.3 Å². The van der Waals surface area contributed by atoms with Gasteiger partial charge in [0.2, 0.25) is 0 Å². The molecule has 0 spiro atoms. The average molecular weight is 347 g/mol. The second-order valence-electron chi connectivity index (χ2n) is 5.09. The maximum Gasteiger partial charge on any atom is 0.143 e. The third-order valence-electron chi connectivity index (χ3n) is 3.97. The maximum atomic E-state index is 5.98. The molecule has 1 saturated carbocycles. The van der Waals surface area contributed by atoms with Crippen LogP contribution >= 0.6 is 27.5 Å². The SMILES string of the molecule is CCN(c1ncc(Cl)cc1Br)C1CCCCC1CN. The molecule has 0 bridgehead atoms. The van der Waals surface area contributed by atoms with Crippen LogP contribution in [0.25, 0.3) is 0 Å². The van der Waals surface area contributed by atoms with Crippen LogP contribution < -0.4 is 10.6 Å². The van der Waals surface area contributed by atoms with E-state index in [-0.39, 0.29) is 0 Å². The second kappa shape index (κ2) is 6.91. The number of rotatable bonds is 4. The van der Waals surface area contributed by atoms with Gasteiger partial charge in [0.25, 0.3) is 0 Å². The van der Waals surface area contributed by atoms with Gasteiger partial charge in [-0.15, -0.1) is 0 Å². The normalized spacial score (nSPS) is 23.4. The van der Waals surface area contributed by atoms with E-state index >= 15 is 0 Å². The summed E-state index contributed by atoms with van der Waals surface area (Å²) < 4.78 is 0.961. The summed E-state index contributed by atoms with van der Waals surface area (Å²) in [6.45, 7) is 3.87. The fourth-order valence-electron chi connectivity index (χ4n) is 3.03. The van der Waals surface area contributed by atoms with Crippen molar-refractivity contribution in [3.8, 4) is 0 Å². The van der Waals surface area contributed by atoms with Gasteiger partial charge in [-0.05, 0) is 54.2 Å². The minimum atomic E-state index is 0.494. The molecule has 2 rings (SSSR count). The Kier molecular flexibility index (Phi) is 5.48. The molecule has 3 nitrogen and oxygen atoms in total. The Bertz CT molecular complexity index is 427. The lowest BCUT2D eigenvalue weighted by Crippen LogP contribution is -2.45. The van der Waals surface area contributed by atoms with E-state index in [0.29, 0.717) is 17.0 Å². The zero-order chi connectivity index (χ0) is 13.8. The van der Waals surface area contributed by atoms with Crippen molar-refractivity contribution >= 4 is 33.3 Å². The minimum Gasteiger partial charge on any atom is -0.353 e. The van der Waals surface area contributed by atoms with Gasteiger partial charge >= 0.3 is 0 Å². The van der Waals surface area contributed by atoms with Gasteiger partial charge in [-0.25, -0.2) is 4.98 Å². The van der Waals surface area contributed by atoms with Crippen molar-refractivity contribution in [3.05, 3.63) is 21.8 Å². The molecule has 5 heteroatoms. The summed E-state index contributed by atoms with van der Waals surface area (Å²) in [6, 6.07) is 2.40. The first-order valence-corrected chi connectivity index (χ1v) is 8.12. The number of anilines is 1. The van der Waals surface area contributed by atoms with E-state index in [2.05, 4.69) is 32.7 Å². The molecule has 2 N–H and O–H groups in total. The molecule has 0 radical (unpaired) electrons. The lowest BCUT2D eigenvalue weighted by atomic mass is 9.83. The largest absolute Gasteiger partial charge is 0.353 e. The fraction of sp³-hybridized carbons (Fsp3) is 0.643. The first kappa shape index (κ1) is 15.1. The third kappa shape index (κ3) is 3.41. The first-order chi connectivity index (χ1) is 9.17. The molecule has 1 aliphatic carbocycles. The number of nitrogens with zero attached hydrogens (tertiary/aromatic N) is 2. The summed E-state index contributed by atoms with van der Waals surface area (Å²) in [5.74, 6) is 1.55. The van der Waals surface area contributed by atoms with Gasteiger partial charge in [-0.2, -0.15) is 0 Å². The molecule has 0 saturated heterocycles. The highest BCUT2D eigenvalue weighted by molar-refractivity contribution is 9.10. The van der Waals surface area contributed by atoms with Crippen molar-refractivity contribution in [2.24, 2.45) is 11.7 Å². The molecule has 1 aliphatic rings. The number of hydrogen-bond acceptors (Lipinski definition) is 3. The molecule has 106 valence electrons. The second-order valence-corrected chi connectivity index (χ2v) is 6.38. The van der Waals surface area contributed by atoms with E-state index in [1.165, 1.54) is 25.7 Å². The van der Waals surface area contributed by atoms with Crippen LogP contribution in [-0.2, 0) is 0 Å². The monoisotopic (exact) mass is 345 g/mol. The summed E-state index contributed by atoms with van der Waals surface area (Å²) in [7, 11) is 0. The Labute approximate surface area is 128 Å². The number of pyridine rings is 1. The Morgan fingerprint density at radius 2 is 2.21 bits per heavy atom. The van der Waals surface area contributed by atoms with Crippen LogP contribution in [0.15, 0.2) is 16.7 Å². The van der Waals surface area contributed by atoms with Gasteiger partial charge in [0.1, 0.15) is 5.82 Å². The maximum absolute atomic E-state index is 5.98. The minimum absolute atomic E-state index is 0.494. The fourth-order valence-corrected chi connectivity index (χ4v) is 3.90. The van der Waals surface area contributed by atoms with Crippen LogP contribution in [-0.4, -0.2) is 24.1 Å². The number of aromatic nitrogens is 1. The van der Waals surface area contributed by atoms with E-state index in [0.717, 1.165) is 23.4 Å². The molecule has 1 aromatic heterocycles. The molecule has 0 amide bonds. The predicted molar refractivity (Wildman–Crippen MR) is 84.8 cm³/mol. The van der Waals surface area contributed by atoms with Crippen LogP contribution in [0.2, 0.25) is 5.02 Å². The Balaban J connectivity index is 2.27. The van der Waals surface area contributed by atoms with Gasteiger partial charge in [-0.1, -0.05) is 24.4 Å². The van der Waals surface area contributed by atoms with Crippen molar-refractivity contribution in [2.75, 3.05) is 18.0 Å². The number of nitrogens with two attached hydrogens (primary N) is 1. The highest BCUT2D eigenvalue weighted by atomic mass is 79.9. The van der Waals surface area contributed by atoms with Crippen molar-refractivity contribution < 1.29 is 0 Å². The van der Waals surface area contributed by atoms with E-state index < -0.39 is 0 Å². The lowest BCUT2D eigenvalue weighted by molar-refractivity contribution is 0.299. The van der Waals surface area contributed by atoms with Crippen molar-refractivity contribution in [1.82, 2.24) is 4.98 Å². The van der Waals surface area contributed by atoms with Gasteiger partial charge in [0.05, 0.1) is 9.50 Å². The standard InChI is InChI=1S/C14H21BrClN3/c1-2-19(13-6-4-3-5-10(13)8-17)14-12(15)7-11(16)9-18-14/h7,9-10,13H,2-6,8,17H2,1H3. The molecule has 1 heterocycles. The summed E-state index contributed by atoms with van der Waals surface area (Å²) >= 11 is 9.55. The molecule has 2 atom stereocenters. The molecular weight excluding hydrogens is 326 g/mol. The quantitative estimate of drug-likeness (QED) is 0.900. The van der Waals surface area contributed by atoms with Crippen LogP contribution in [0.1, 0.15) is 32.6 Å². The first-order valence-electron chi connectivity index (χ1n) is 6.95. The van der Waals surface area contributed by atoms with Gasteiger partial charge < -0.3 is 10.6 Å². The topological polar surface area (TPSA) is 42.2 Å². The van der Waals surface area contributed by atoms with E-state index in [1.54, 1.807) is 6.20 Å². The Morgan fingerprint density at radius 3 is 2.84 bits per heavy atom. The predicted octanol–water partition coefficient (Wildman–Crippen LogP) is 3.84. The lowest BCUT2D eigenvalue weighted by Gasteiger charge is -2.40. The number of halogens is 2. The molecular formula is C14H21BrClN3. The van der Waals surface area contributed by atoms with E-state index in [9.17, 15) is 0 Å². The zero-order valence-electron chi connectivity index (χ0n) is 11.3. The van der Waals surface area contributed by atoms with E-state index in [1.807, 2.05) is 6.07 Å². The summed E-state index contributed by atoms with van der Waals surface area (Å²) in [5, 5.41) is 0.658. The highest BCUT2D eigenvalue weighted by Gasteiger charge is 2.30. The van der Waals surface area contributed by atoms with Gasteiger partial charge in [0, 0.05) is 18.8 Å². The summed E-state index contributed by atoms with van der Waals surface area (Å²) in [4.78, 5) is 6.87. The Morgan fingerprint density at radius 1 is 1.47 bits per heavy atom. The van der Waals surface area contributed by atoms with Crippen molar-refractivity contribution in [2.45, 2.75) is 38.6 Å². The molecule has 1 fully saturated rings. The van der Waals surface area contributed by atoms with Crippen LogP contribution in [0.3, 0.4) is 0 Å². The number of hydrogen-bond donors (Lipinski definition) is 1. The zero-order valence-corrected chi connectivity index (χ0v) is 13.6. The summed E-state index contributed by atoms with van der Waals surface area (Å²) in [5.41, 5.74) is 5.95. The smallest absolute Gasteiger partial charge is 0.143 e. The average Bonchev–Trinajstić information content (AvgIpc) is 2.42. The molecule has 0 aliphatic heterocycles. The third-order valence-corrected chi connectivity index (χ3v) is 4.76. The van der Waals surface area contributed by atoms with Crippen LogP contribution in [0.5, 0.6) is 0 Å². The molecule has 19 heavy (non-hydrogen) atoms. The van der Waals surface area contributed by atoms with Crippen LogP contribution in [0.4, 0.5) is 5.82 Å². The van der Waals surface area contributed by atoms with Crippen molar-refractivity contribution in [3.63, 3.8) is 0 Å².